The van der Waals surface area contributed by atoms with Gasteiger partial charge in [-0.3, -0.25) is 0 Å². The minimum absolute atomic E-state index is 0.788. The molecule has 1 heterocycles. The Morgan fingerprint density at radius 2 is 2.06 bits per heavy atom. The Hall–Kier alpha value is -1.32. The van der Waals surface area contributed by atoms with E-state index in [-0.39, 0.29) is 0 Å². The first-order chi connectivity index (χ1) is 8.33. The molecule has 0 saturated carbocycles. The zero-order valence-electron chi connectivity index (χ0n) is 10.4. The van der Waals surface area contributed by atoms with Crippen molar-refractivity contribution in [3.8, 4) is 0 Å². The van der Waals surface area contributed by atoms with E-state index in [1.807, 2.05) is 0 Å². The van der Waals surface area contributed by atoms with Gasteiger partial charge in [0.25, 0.3) is 0 Å². The van der Waals surface area contributed by atoms with E-state index in [4.69, 9.17) is 5.73 Å². The van der Waals surface area contributed by atoms with Crippen LogP contribution in [0.5, 0.6) is 0 Å². The quantitative estimate of drug-likeness (QED) is 0.747. The van der Waals surface area contributed by atoms with Gasteiger partial charge in [0.15, 0.2) is 0 Å². The molecule has 1 aromatic heterocycles. The second kappa shape index (κ2) is 5.84. The van der Waals surface area contributed by atoms with Gasteiger partial charge in [-0.2, -0.15) is 0 Å². The van der Waals surface area contributed by atoms with E-state index in [2.05, 4.69) is 47.4 Å². The summed E-state index contributed by atoms with van der Waals surface area (Å²) in [5.41, 5.74) is 8.14. The highest BCUT2D eigenvalue weighted by molar-refractivity contribution is 5.83. The van der Waals surface area contributed by atoms with Crippen LogP contribution in [-0.4, -0.2) is 17.7 Å². The molecule has 3 N–H and O–H groups in total. The lowest BCUT2D eigenvalue weighted by Crippen LogP contribution is -2.15. The number of benzene rings is 1. The largest absolute Gasteiger partial charge is 0.350 e. The molecular weight excluding hydrogens is 210 g/mol. The highest BCUT2D eigenvalue weighted by atomic mass is 14.9. The molecule has 2 aromatic rings. The van der Waals surface area contributed by atoms with Crippen LogP contribution in [0, 0.1) is 0 Å². The van der Waals surface area contributed by atoms with Crippen LogP contribution in [-0.2, 0) is 13.6 Å². The number of nitrogens with zero attached hydrogens (tertiary/aromatic N) is 1. The van der Waals surface area contributed by atoms with Gasteiger partial charge in [0, 0.05) is 30.7 Å². The van der Waals surface area contributed by atoms with Crippen LogP contribution in [0.25, 0.3) is 10.9 Å². The molecule has 17 heavy (non-hydrogen) atoms. The molecule has 0 spiro atoms. The van der Waals surface area contributed by atoms with Crippen LogP contribution in [0.4, 0.5) is 0 Å². The molecule has 0 bridgehead atoms. The molecule has 0 amide bonds. The maximum absolute atomic E-state index is 5.47. The lowest BCUT2D eigenvalue weighted by Gasteiger charge is -2.02. The van der Waals surface area contributed by atoms with Gasteiger partial charge in [-0.15, -0.1) is 0 Å². The summed E-state index contributed by atoms with van der Waals surface area (Å²) in [5, 5.41) is 4.82. The fraction of sp³-hybridized carbons (Fsp3) is 0.429. The van der Waals surface area contributed by atoms with Crippen molar-refractivity contribution in [1.29, 1.82) is 0 Å². The number of aromatic nitrogens is 1. The summed E-state index contributed by atoms with van der Waals surface area (Å²) >= 11 is 0. The second-order valence-corrected chi connectivity index (χ2v) is 4.45. The fourth-order valence-corrected chi connectivity index (χ4v) is 2.18. The van der Waals surface area contributed by atoms with Crippen LogP contribution in [0.3, 0.4) is 0 Å². The van der Waals surface area contributed by atoms with E-state index in [0.717, 1.165) is 32.5 Å². The summed E-state index contributed by atoms with van der Waals surface area (Å²) in [5.74, 6) is 0. The van der Waals surface area contributed by atoms with Crippen molar-refractivity contribution in [1.82, 2.24) is 9.88 Å². The number of nitrogens with two attached hydrogens (primary N) is 1. The first kappa shape index (κ1) is 12.1. The average molecular weight is 231 g/mol. The number of aryl methyl sites for hydroxylation is 1. The van der Waals surface area contributed by atoms with Crippen molar-refractivity contribution in [2.45, 2.75) is 19.4 Å². The third-order valence-electron chi connectivity index (χ3n) is 3.10. The van der Waals surface area contributed by atoms with Crippen molar-refractivity contribution < 1.29 is 0 Å². The summed E-state index contributed by atoms with van der Waals surface area (Å²) in [7, 11) is 2.10. The Balaban J connectivity index is 1.99. The van der Waals surface area contributed by atoms with Gasteiger partial charge >= 0.3 is 0 Å². The molecule has 1 aromatic carbocycles. The van der Waals surface area contributed by atoms with Gasteiger partial charge in [0.1, 0.15) is 0 Å². The standard InChI is InChI=1S/C14H21N3/c1-17-11-12(10-16-9-5-4-8-15)13-6-2-3-7-14(13)17/h2-3,6-7,11,16H,4-5,8-10,15H2,1H3. The first-order valence-corrected chi connectivity index (χ1v) is 6.26. The van der Waals surface area contributed by atoms with E-state index < -0.39 is 0 Å². The molecule has 0 aliphatic rings. The van der Waals surface area contributed by atoms with Crippen LogP contribution in [0.15, 0.2) is 30.5 Å². The smallest absolute Gasteiger partial charge is 0.0481 e. The number of hydrogen-bond acceptors (Lipinski definition) is 2. The monoisotopic (exact) mass is 231 g/mol. The van der Waals surface area contributed by atoms with Gasteiger partial charge in [-0.25, -0.2) is 0 Å². The summed E-state index contributed by atoms with van der Waals surface area (Å²) < 4.78 is 2.19. The molecule has 0 atom stereocenters. The van der Waals surface area contributed by atoms with Crippen LogP contribution >= 0.6 is 0 Å². The van der Waals surface area contributed by atoms with E-state index in [1.165, 1.54) is 16.5 Å². The molecule has 92 valence electrons. The van der Waals surface area contributed by atoms with Gasteiger partial charge in [0.05, 0.1) is 0 Å². The molecule has 2 rings (SSSR count). The van der Waals surface area contributed by atoms with E-state index in [1.54, 1.807) is 0 Å². The number of nitrogens with one attached hydrogen (secondary N) is 1. The lowest BCUT2D eigenvalue weighted by atomic mass is 10.2. The molecular formula is C14H21N3. The molecule has 3 heteroatoms. The molecule has 0 aliphatic carbocycles. The Morgan fingerprint density at radius 1 is 1.24 bits per heavy atom. The molecule has 3 nitrogen and oxygen atoms in total. The average Bonchev–Trinajstić information content (AvgIpc) is 2.67. The summed E-state index contributed by atoms with van der Waals surface area (Å²) in [6.45, 7) is 2.77. The number of rotatable bonds is 6. The van der Waals surface area contributed by atoms with Crippen LogP contribution in [0.1, 0.15) is 18.4 Å². The zero-order valence-corrected chi connectivity index (χ0v) is 10.4. The number of para-hydroxylation sites is 1. The maximum Gasteiger partial charge on any atom is 0.0481 e. The zero-order chi connectivity index (χ0) is 12.1. The Morgan fingerprint density at radius 3 is 2.88 bits per heavy atom. The topological polar surface area (TPSA) is 43.0 Å². The SMILES string of the molecule is Cn1cc(CNCCCCN)c2ccccc21. The molecule has 0 unspecified atom stereocenters. The second-order valence-electron chi connectivity index (χ2n) is 4.45. The maximum atomic E-state index is 5.47. The highest BCUT2D eigenvalue weighted by Crippen LogP contribution is 2.19. The molecule has 0 saturated heterocycles. The summed E-state index contributed by atoms with van der Waals surface area (Å²) in [6, 6.07) is 8.53. The minimum atomic E-state index is 0.788. The number of fused-ring (bicyclic) bond motifs is 1. The Bertz CT molecular complexity index is 473. The third-order valence-corrected chi connectivity index (χ3v) is 3.10. The predicted octanol–water partition coefficient (Wildman–Crippen LogP) is 2.01. The Labute approximate surface area is 103 Å². The van der Waals surface area contributed by atoms with Crippen molar-refractivity contribution in [3.63, 3.8) is 0 Å². The highest BCUT2D eigenvalue weighted by Gasteiger charge is 2.04. The summed E-state index contributed by atoms with van der Waals surface area (Å²) in [4.78, 5) is 0. The van der Waals surface area contributed by atoms with Gasteiger partial charge in [-0.1, -0.05) is 18.2 Å². The minimum Gasteiger partial charge on any atom is -0.350 e. The van der Waals surface area contributed by atoms with E-state index >= 15 is 0 Å². The number of unbranched alkanes of at least 4 members (excludes halogenated alkanes) is 1. The summed E-state index contributed by atoms with van der Waals surface area (Å²) in [6.07, 6.45) is 4.46. The first-order valence-electron chi connectivity index (χ1n) is 6.26. The van der Waals surface area contributed by atoms with Crippen molar-refractivity contribution in [2.75, 3.05) is 13.1 Å². The van der Waals surface area contributed by atoms with Crippen LogP contribution < -0.4 is 11.1 Å². The third kappa shape index (κ3) is 2.87. The predicted molar refractivity (Wildman–Crippen MR) is 72.9 cm³/mol. The molecule has 0 radical (unpaired) electrons. The molecule has 0 aliphatic heterocycles. The van der Waals surface area contributed by atoms with Crippen molar-refractivity contribution in [2.24, 2.45) is 12.8 Å². The fourth-order valence-electron chi connectivity index (χ4n) is 2.18. The Kier molecular flexibility index (Phi) is 4.18. The van der Waals surface area contributed by atoms with Gasteiger partial charge in [0.2, 0.25) is 0 Å². The van der Waals surface area contributed by atoms with E-state index in [9.17, 15) is 0 Å². The van der Waals surface area contributed by atoms with Crippen LogP contribution in [0.2, 0.25) is 0 Å². The van der Waals surface area contributed by atoms with Gasteiger partial charge < -0.3 is 15.6 Å². The van der Waals surface area contributed by atoms with Gasteiger partial charge in [-0.05, 0) is 37.6 Å². The van der Waals surface area contributed by atoms with Crippen molar-refractivity contribution in [3.05, 3.63) is 36.0 Å². The normalized spacial score (nSPS) is 11.2. The number of hydrogen-bond donors (Lipinski definition) is 2. The van der Waals surface area contributed by atoms with Crippen molar-refractivity contribution >= 4 is 10.9 Å². The lowest BCUT2D eigenvalue weighted by molar-refractivity contribution is 0.628. The van der Waals surface area contributed by atoms with E-state index in [0.29, 0.717) is 0 Å². The molecule has 0 fully saturated rings.